The van der Waals surface area contributed by atoms with Gasteiger partial charge in [0.1, 0.15) is 0 Å². The Morgan fingerprint density at radius 3 is 2.09 bits per heavy atom. The highest BCUT2D eigenvalue weighted by Crippen LogP contribution is 2.19. The molecule has 0 amide bonds. The topological polar surface area (TPSA) is 127 Å². The summed E-state index contributed by atoms with van der Waals surface area (Å²) in [6.45, 7) is 0.512. The van der Waals surface area contributed by atoms with Crippen molar-refractivity contribution in [2.45, 2.75) is 23.8 Å². The summed E-state index contributed by atoms with van der Waals surface area (Å²) in [6.07, 6.45) is 1.87. The maximum absolute atomic E-state index is 12.2. The quantitative estimate of drug-likeness (QED) is 0.592. The lowest BCUT2D eigenvalue weighted by atomic mass is 10.1. The van der Waals surface area contributed by atoms with E-state index < -0.39 is 25.0 Å². The molecule has 0 atom stereocenters. The second kappa shape index (κ2) is 6.51. The zero-order chi connectivity index (χ0) is 17.3. The van der Waals surface area contributed by atoms with Crippen molar-refractivity contribution in [3.63, 3.8) is 0 Å². The van der Waals surface area contributed by atoms with Gasteiger partial charge >= 0.3 is 0 Å². The highest BCUT2D eigenvalue weighted by molar-refractivity contribution is 7.89. The molecular formula is C12H17N3O6S2. The SMILES string of the molecule is CS(=O)(=O)N1CCC(NS(=O)(=O)c2ccc([N+](=O)[O-])cc2)CC1. The van der Waals surface area contributed by atoms with Gasteiger partial charge in [-0.3, -0.25) is 10.1 Å². The van der Waals surface area contributed by atoms with Crippen LogP contribution in [0.2, 0.25) is 0 Å². The van der Waals surface area contributed by atoms with Crippen LogP contribution in [0, 0.1) is 10.1 Å². The Labute approximate surface area is 134 Å². The molecule has 0 aliphatic carbocycles. The van der Waals surface area contributed by atoms with Gasteiger partial charge in [-0.05, 0) is 25.0 Å². The third-order valence-electron chi connectivity index (χ3n) is 3.60. The van der Waals surface area contributed by atoms with E-state index in [9.17, 15) is 26.9 Å². The van der Waals surface area contributed by atoms with Gasteiger partial charge in [0.25, 0.3) is 5.69 Å². The Morgan fingerprint density at radius 1 is 1.13 bits per heavy atom. The molecule has 1 saturated heterocycles. The number of nitro groups is 1. The molecule has 0 radical (unpaired) electrons. The molecule has 1 fully saturated rings. The Morgan fingerprint density at radius 2 is 1.65 bits per heavy atom. The summed E-state index contributed by atoms with van der Waals surface area (Å²) >= 11 is 0. The molecule has 1 aliphatic rings. The van der Waals surface area contributed by atoms with E-state index in [1.807, 2.05) is 0 Å². The highest BCUT2D eigenvalue weighted by Gasteiger charge is 2.28. The largest absolute Gasteiger partial charge is 0.269 e. The Bertz CT molecular complexity index is 781. The number of hydrogen-bond acceptors (Lipinski definition) is 6. The third kappa shape index (κ3) is 4.47. The first-order valence-electron chi connectivity index (χ1n) is 6.81. The summed E-state index contributed by atoms with van der Waals surface area (Å²) in [5, 5.41) is 10.6. The summed E-state index contributed by atoms with van der Waals surface area (Å²) in [7, 11) is -7.06. The number of non-ortho nitro benzene ring substituents is 1. The van der Waals surface area contributed by atoms with Crippen molar-refractivity contribution in [3.8, 4) is 0 Å². The predicted molar refractivity (Wildman–Crippen MR) is 82.9 cm³/mol. The van der Waals surface area contributed by atoms with Gasteiger partial charge in [0, 0.05) is 31.3 Å². The van der Waals surface area contributed by atoms with E-state index in [4.69, 9.17) is 0 Å². The molecule has 128 valence electrons. The maximum Gasteiger partial charge on any atom is 0.269 e. The Balaban J connectivity index is 2.03. The van der Waals surface area contributed by atoms with Crippen LogP contribution in [-0.2, 0) is 20.0 Å². The molecule has 2 rings (SSSR count). The monoisotopic (exact) mass is 363 g/mol. The van der Waals surface area contributed by atoms with Crippen LogP contribution in [0.4, 0.5) is 5.69 Å². The van der Waals surface area contributed by atoms with E-state index in [0.717, 1.165) is 18.4 Å². The molecule has 0 bridgehead atoms. The molecular weight excluding hydrogens is 346 g/mol. The zero-order valence-corrected chi connectivity index (χ0v) is 14.0. The fraction of sp³-hybridized carbons (Fsp3) is 0.500. The number of piperidine rings is 1. The lowest BCUT2D eigenvalue weighted by Gasteiger charge is -2.30. The second-order valence-electron chi connectivity index (χ2n) is 5.31. The molecule has 1 aromatic rings. The van der Waals surface area contributed by atoms with E-state index in [2.05, 4.69) is 4.72 Å². The second-order valence-corrected chi connectivity index (χ2v) is 9.01. The van der Waals surface area contributed by atoms with E-state index in [0.29, 0.717) is 12.8 Å². The zero-order valence-electron chi connectivity index (χ0n) is 12.4. The van der Waals surface area contributed by atoms with Gasteiger partial charge in [-0.25, -0.2) is 25.9 Å². The Hall–Kier alpha value is -1.56. The van der Waals surface area contributed by atoms with Gasteiger partial charge in [-0.2, -0.15) is 0 Å². The molecule has 1 N–H and O–H groups in total. The first-order chi connectivity index (χ1) is 10.6. The smallest absolute Gasteiger partial charge is 0.258 e. The van der Waals surface area contributed by atoms with Crippen LogP contribution < -0.4 is 4.72 Å². The molecule has 0 aromatic heterocycles. The van der Waals surface area contributed by atoms with Crippen molar-refractivity contribution < 1.29 is 21.8 Å². The van der Waals surface area contributed by atoms with Crippen LogP contribution in [-0.4, -0.2) is 51.5 Å². The van der Waals surface area contributed by atoms with Gasteiger partial charge in [-0.1, -0.05) is 0 Å². The minimum absolute atomic E-state index is 0.0614. The van der Waals surface area contributed by atoms with Gasteiger partial charge in [0.15, 0.2) is 0 Å². The molecule has 1 aromatic carbocycles. The molecule has 11 heteroatoms. The van der Waals surface area contributed by atoms with Crippen molar-refractivity contribution in [1.82, 2.24) is 9.03 Å². The number of sulfonamides is 2. The average molecular weight is 363 g/mol. The number of nitro benzene ring substituents is 1. The van der Waals surface area contributed by atoms with Crippen LogP contribution in [0.25, 0.3) is 0 Å². The summed E-state index contributed by atoms with van der Waals surface area (Å²) in [5.41, 5.74) is -0.189. The minimum Gasteiger partial charge on any atom is -0.258 e. The van der Waals surface area contributed by atoms with Gasteiger partial charge in [0.2, 0.25) is 20.0 Å². The fourth-order valence-electron chi connectivity index (χ4n) is 2.34. The van der Waals surface area contributed by atoms with Gasteiger partial charge in [0.05, 0.1) is 16.1 Å². The van der Waals surface area contributed by atoms with Crippen molar-refractivity contribution in [3.05, 3.63) is 34.4 Å². The lowest BCUT2D eigenvalue weighted by molar-refractivity contribution is -0.384. The molecule has 9 nitrogen and oxygen atoms in total. The van der Waals surface area contributed by atoms with Gasteiger partial charge in [-0.15, -0.1) is 0 Å². The highest BCUT2D eigenvalue weighted by atomic mass is 32.2. The van der Waals surface area contributed by atoms with Crippen molar-refractivity contribution in [2.24, 2.45) is 0 Å². The standard InChI is InChI=1S/C12H17N3O6S2/c1-22(18,19)14-8-6-10(7-9-14)13-23(20,21)12-4-2-11(3-5-12)15(16)17/h2-5,10,13H,6-9H2,1H3. The van der Waals surface area contributed by atoms with Gasteiger partial charge < -0.3 is 0 Å². The summed E-state index contributed by atoms with van der Waals surface area (Å²) in [4.78, 5) is 9.91. The van der Waals surface area contributed by atoms with E-state index >= 15 is 0 Å². The van der Waals surface area contributed by atoms with Crippen LogP contribution >= 0.6 is 0 Å². The Kier molecular flexibility index (Phi) is 5.04. The summed E-state index contributed by atoms with van der Waals surface area (Å²) in [6, 6.07) is 4.23. The van der Waals surface area contributed by atoms with Crippen LogP contribution in [0.15, 0.2) is 29.2 Å². The number of hydrogen-bond donors (Lipinski definition) is 1. The van der Waals surface area contributed by atoms with E-state index in [-0.39, 0.29) is 29.7 Å². The average Bonchev–Trinajstić information content (AvgIpc) is 2.46. The number of nitrogens with one attached hydrogen (secondary N) is 1. The first kappa shape index (κ1) is 17.8. The third-order valence-corrected chi connectivity index (χ3v) is 6.44. The number of benzene rings is 1. The summed E-state index contributed by atoms with van der Waals surface area (Å²) < 4.78 is 51.2. The van der Waals surface area contributed by atoms with Crippen LogP contribution in [0.1, 0.15) is 12.8 Å². The fourth-order valence-corrected chi connectivity index (χ4v) is 4.52. The van der Waals surface area contributed by atoms with E-state index in [1.165, 1.54) is 16.4 Å². The molecule has 0 unspecified atom stereocenters. The molecule has 1 aliphatic heterocycles. The number of rotatable bonds is 5. The van der Waals surface area contributed by atoms with E-state index in [1.54, 1.807) is 0 Å². The molecule has 0 spiro atoms. The van der Waals surface area contributed by atoms with Crippen LogP contribution in [0.5, 0.6) is 0 Å². The van der Waals surface area contributed by atoms with Crippen molar-refractivity contribution in [2.75, 3.05) is 19.3 Å². The lowest BCUT2D eigenvalue weighted by Crippen LogP contribution is -2.46. The number of nitrogens with zero attached hydrogens (tertiary/aromatic N) is 2. The minimum atomic E-state index is -3.80. The molecule has 23 heavy (non-hydrogen) atoms. The normalized spacial score (nSPS) is 18.0. The maximum atomic E-state index is 12.2. The summed E-state index contributed by atoms with van der Waals surface area (Å²) in [5.74, 6) is 0. The predicted octanol–water partition coefficient (Wildman–Crippen LogP) is 0.297. The van der Waals surface area contributed by atoms with Crippen molar-refractivity contribution in [1.29, 1.82) is 0 Å². The van der Waals surface area contributed by atoms with Crippen LogP contribution in [0.3, 0.4) is 0 Å². The van der Waals surface area contributed by atoms with Crippen molar-refractivity contribution >= 4 is 25.7 Å². The molecule has 0 saturated carbocycles. The molecule has 1 heterocycles. The first-order valence-corrected chi connectivity index (χ1v) is 10.1.